The topological polar surface area (TPSA) is 37.3 Å². The van der Waals surface area contributed by atoms with Gasteiger partial charge in [-0.1, -0.05) is 12.8 Å². The zero-order valence-corrected chi connectivity index (χ0v) is 6.27. The number of rotatable bonds is 1. The fourth-order valence-electron chi connectivity index (χ4n) is 2.35. The van der Waals surface area contributed by atoms with Crippen molar-refractivity contribution < 1.29 is 14.3 Å². The molecule has 1 spiro atoms. The van der Waals surface area contributed by atoms with Gasteiger partial charge < -0.3 is 5.11 Å². The standard InChI is InChI=1S/C8H11FO2/c9-8(6(10)11)5-7(8)3-1-2-4-7/h1-5H2,(H,10,11). The van der Waals surface area contributed by atoms with Gasteiger partial charge >= 0.3 is 5.97 Å². The average Bonchev–Trinajstić information content (AvgIpc) is 2.38. The lowest BCUT2D eigenvalue weighted by Gasteiger charge is -2.08. The summed E-state index contributed by atoms with van der Waals surface area (Å²) in [5.41, 5.74) is -2.30. The maximum atomic E-state index is 13.4. The van der Waals surface area contributed by atoms with Crippen LogP contribution in [0.5, 0.6) is 0 Å². The molecule has 62 valence electrons. The van der Waals surface area contributed by atoms with Crippen molar-refractivity contribution in [2.45, 2.75) is 37.8 Å². The molecule has 1 unspecified atom stereocenters. The van der Waals surface area contributed by atoms with Gasteiger partial charge in [-0.2, -0.15) is 0 Å². The van der Waals surface area contributed by atoms with Crippen molar-refractivity contribution in [2.24, 2.45) is 5.41 Å². The molecule has 0 aromatic rings. The molecule has 0 amide bonds. The van der Waals surface area contributed by atoms with Crippen LogP contribution in [0.3, 0.4) is 0 Å². The number of halogens is 1. The highest BCUT2D eigenvalue weighted by Gasteiger charge is 2.74. The van der Waals surface area contributed by atoms with Crippen molar-refractivity contribution in [3.63, 3.8) is 0 Å². The number of carbonyl (C=O) groups is 1. The summed E-state index contributed by atoms with van der Waals surface area (Å²) in [6.45, 7) is 0. The largest absolute Gasteiger partial charge is 0.479 e. The Morgan fingerprint density at radius 2 is 1.91 bits per heavy atom. The molecule has 0 aromatic heterocycles. The Balaban J connectivity index is 2.17. The van der Waals surface area contributed by atoms with Crippen molar-refractivity contribution in [3.05, 3.63) is 0 Å². The van der Waals surface area contributed by atoms with E-state index in [9.17, 15) is 9.18 Å². The number of hydrogen-bond donors (Lipinski definition) is 1. The molecule has 2 rings (SSSR count). The van der Waals surface area contributed by atoms with Gasteiger partial charge in [0.2, 0.25) is 5.67 Å². The van der Waals surface area contributed by atoms with E-state index in [4.69, 9.17) is 5.11 Å². The van der Waals surface area contributed by atoms with Crippen molar-refractivity contribution in [2.75, 3.05) is 0 Å². The maximum absolute atomic E-state index is 13.4. The molecule has 2 aliphatic rings. The second-order valence-electron chi connectivity index (χ2n) is 3.77. The van der Waals surface area contributed by atoms with Crippen molar-refractivity contribution >= 4 is 5.97 Å². The maximum Gasteiger partial charge on any atom is 0.342 e. The molecule has 0 bridgehead atoms. The molecule has 2 fully saturated rings. The SMILES string of the molecule is O=C(O)C1(F)CC12CCCC2. The first-order valence-electron chi connectivity index (χ1n) is 4.03. The van der Waals surface area contributed by atoms with Gasteiger partial charge in [0.25, 0.3) is 0 Å². The first-order valence-corrected chi connectivity index (χ1v) is 4.03. The van der Waals surface area contributed by atoms with Gasteiger partial charge in [-0.25, -0.2) is 9.18 Å². The molecule has 0 heterocycles. The van der Waals surface area contributed by atoms with Gasteiger partial charge in [0.15, 0.2) is 0 Å². The van der Waals surface area contributed by atoms with E-state index >= 15 is 0 Å². The van der Waals surface area contributed by atoms with E-state index < -0.39 is 17.1 Å². The number of alkyl halides is 1. The third-order valence-corrected chi connectivity index (χ3v) is 3.20. The summed E-state index contributed by atoms with van der Waals surface area (Å²) in [4.78, 5) is 10.5. The fraction of sp³-hybridized carbons (Fsp3) is 0.875. The van der Waals surface area contributed by atoms with E-state index in [0.29, 0.717) is 0 Å². The minimum Gasteiger partial charge on any atom is -0.479 e. The smallest absolute Gasteiger partial charge is 0.342 e. The van der Waals surface area contributed by atoms with Crippen LogP contribution in [-0.4, -0.2) is 16.7 Å². The van der Waals surface area contributed by atoms with Crippen LogP contribution in [-0.2, 0) is 4.79 Å². The van der Waals surface area contributed by atoms with Crippen LogP contribution in [0.2, 0.25) is 0 Å². The van der Waals surface area contributed by atoms with Gasteiger partial charge in [0, 0.05) is 11.8 Å². The van der Waals surface area contributed by atoms with Gasteiger partial charge in [-0.15, -0.1) is 0 Å². The summed E-state index contributed by atoms with van der Waals surface area (Å²) >= 11 is 0. The molecule has 2 aliphatic carbocycles. The molecule has 3 heteroatoms. The van der Waals surface area contributed by atoms with Crippen LogP contribution < -0.4 is 0 Å². The van der Waals surface area contributed by atoms with Crippen LogP contribution in [0, 0.1) is 5.41 Å². The lowest BCUT2D eigenvalue weighted by Crippen LogP contribution is -2.23. The summed E-state index contributed by atoms with van der Waals surface area (Å²) in [7, 11) is 0. The van der Waals surface area contributed by atoms with E-state index in [0.717, 1.165) is 25.7 Å². The Morgan fingerprint density at radius 3 is 2.27 bits per heavy atom. The number of carboxylic acid groups (broad SMARTS) is 1. The van der Waals surface area contributed by atoms with Gasteiger partial charge in [-0.05, 0) is 12.8 Å². The monoisotopic (exact) mass is 158 g/mol. The van der Waals surface area contributed by atoms with E-state index in [1.807, 2.05) is 0 Å². The second-order valence-corrected chi connectivity index (χ2v) is 3.77. The van der Waals surface area contributed by atoms with Gasteiger partial charge in [0.05, 0.1) is 0 Å². The highest BCUT2D eigenvalue weighted by Crippen LogP contribution is 2.67. The Bertz CT molecular complexity index is 208. The summed E-state index contributed by atoms with van der Waals surface area (Å²) in [6.07, 6.45) is 3.80. The number of aliphatic carboxylic acids is 1. The molecule has 0 radical (unpaired) electrons. The molecule has 1 atom stereocenters. The molecular weight excluding hydrogens is 147 g/mol. The Hall–Kier alpha value is -0.600. The van der Waals surface area contributed by atoms with Gasteiger partial charge in [-0.3, -0.25) is 0 Å². The lowest BCUT2D eigenvalue weighted by atomic mass is 10.0. The number of carboxylic acids is 1. The van der Waals surface area contributed by atoms with Crippen LogP contribution in [0.25, 0.3) is 0 Å². The van der Waals surface area contributed by atoms with Crippen LogP contribution in [0.4, 0.5) is 4.39 Å². The summed E-state index contributed by atoms with van der Waals surface area (Å²) in [5.74, 6) is -1.25. The highest BCUT2D eigenvalue weighted by atomic mass is 19.1. The zero-order chi connectivity index (χ0) is 8.11. The molecular formula is C8H11FO2. The van der Waals surface area contributed by atoms with Crippen molar-refractivity contribution in [1.82, 2.24) is 0 Å². The fourth-order valence-corrected chi connectivity index (χ4v) is 2.35. The molecule has 0 saturated heterocycles. The Morgan fingerprint density at radius 1 is 1.36 bits per heavy atom. The molecule has 0 aliphatic heterocycles. The molecule has 2 saturated carbocycles. The normalized spacial score (nSPS) is 39.4. The minimum absolute atomic E-state index is 0.259. The summed E-state index contributed by atoms with van der Waals surface area (Å²) < 4.78 is 13.4. The first-order chi connectivity index (χ1) is 5.11. The molecule has 1 N–H and O–H groups in total. The second kappa shape index (κ2) is 1.76. The minimum atomic E-state index is -1.86. The average molecular weight is 158 g/mol. The Kier molecular flexibility index (Phi) is 1.13. The quantitative estimate of drug-likeness (QED) is 0.631. The third kappa shape index (κ3) is 0.686. The van der Waals surface area contributed by atoms with Crippen molar-refractivity contribution in [1.29, 1.82) is 0 Å². The van der Waals surface area contributed by atoms with Crippen LogP contribution in [0.1, 0.15) is 32.1 Å². The van der Waals surface area contributed by atoms with Crippen LogP contribution in [0.15, 0.2) is 0 Å². The first kappa shape index (κ1) is 7.07. The summed E-state index contributed by atoms with van der Waals surface area (Å²) in [5, 5.41) is 8.56. The summed E-state index contributed by atoms with van der Waals surface area (Å²) in [6, 6.07) is 0. The predicted molar refractivity (Wildman–Crippen MR) is 37.0 cm³/mol. The highest BCUT2D eigenvalue weighted by molar-refractivity contribution is 5.83. The van der Waals surface area contributed by atoms with Gasteiger partial charge in [0.1, 0.15) is 0 Å². The van der Waals surface area contributed by atoms with Crippen molar-refractivity contribution in [3.8, 4) is 0 Å². The third-order valence-electron chi connectivity index (χ3n) is 3.20. The van der Waals surface area contributed by atoms with Crippen LogP contribution >= 0.6 is 0 Å². The van der Waals surface area contributed by atoms with E-state index in [1.165, 1.54) is 0 Å². The predicted octanol–water partition coefficient (Wildman–Crippen LogP) is 1.74. The van der Waals surface area contributed by atoms with E-state index in [-0.39, 0.29) is 6.42 Å². The molecule has 11 heavy (non-hydrogen) atoms. The Labute approximate surface area is 64.4 Å². The lowest BCUT2D eigenvalue weighted by molar-refractivity contribution is -0.146. The van der Waals surface area contributed by atoms with E-state index in [1.54, 1.807) is 0 Å². The molecule has 0 aromatic carbocycles. The van der Waals surface area contributed by atoms with E-state index in [2.05, 4.69) is 0 Å². The molecule has 2 nitrogen and oxygen atoms in total. The zero-order valence-electron chi connectivity index (χ0n) is 6.27. The number of hydrogen-bond acceptors (Lipinski definition) is 1.